The van der Waals surface area contributed by atoms with Gasteiger partial charge >= 0.3 is 11.9 Å². The minimum Gasteiger partial charge on any atom is -0.495 e. The van der Waals surface area contributed by atoms with Gasteiger partial charge in [-0.3, -0.25) is 0 Å². The first-order chi connectivity index (χ1) is 7.06. The molecule has 15 heavy (non-hydrogen) atoms. The summed E-state index contributed by atoms with van der Waals surface area (Å²) in [5.41, 5.74) is 0.0683. The highest BCUT2D eigenvalue weighted by atomic mass is 35.5. The van der Waals surface area contributed by atoms with Crippen molar-refractivity contribution in [2.24, 2.45) is 0 Å². The molecular formula is C9H4Cl2O4. The quantitative estimate of drug-likeness (QED) is 0.564. The molecule has 6 heteroatoms. The van der Waals surface area contributed by atoms with Crippen LogP contribution in [0, 0.1) is 0 Å². The third-order valence-corrected chi connectivity index (χ3v) is 2.85. The lowest BCUT2D eigenvalue weighted by Crippen LogP contribution is -1.97. The molecule has 0 unspecified atom stereocenters. The summed E-state index contributed by atoms with van der Waals surface area (Å²) >= 11 is 11.6. The number of fused-ring (bicyclic) bond motifs is 1. The van der Waals surface area contributed by atoms with Crippen LogP contribution < -0.4 is 4.74 Å². The molecule has 0 amide bonds. The van der Waals surface area contributed by atoms with Crippen LogP contribution in [-0.4, -0.2) is 19.0 Å². The van der Waals surface area contributed by atoms with Crippen molar-refractivity contribution in [1.29, 1.82) is 0 Å². The first-order valence-corrected chi connectivity index (χ1v) is 4.64. The molecule has 0 atom stereocenters. The van der Waals surface area contributed by atoms with Crippen LogP contribution in [0.5, 0.6) is 5.75 Å². The lowest BCUT2D eigenvalue weighted by molar-refractivity contribution is 0.0444. The zero-order chi connectivity index (χ0) is 11.2. The van der Waals surface area contributed by atoms with E-state index in [1.807, 2.05) is 0 Å². The topological polar surface area (TPSA) is 52.6 Å². The third-order valence-electron chi connectivity index (χ3n) is 2.00. The van der Waals surface area contributed by atoms with Gasteiger partial charge in [-0.05, 0) is 6.07 Å². The molecule has 1 aliphatic heterocycles. The lowest BCUT2D eigenvalue weighted by atomic mass is 10.1. The Morgan fingerprint density at radius 3 is 2.47 bits per heavy atom. The van der Waals surface area contributed by atoms with Crippen molar-refractivity contribution < 1.29 is 19.1 Å². The minimum atomic E-state index is -0.787. The molecule has 0 radical (unpaired) electrons. The first-order valence-electron chi connectivity index (χ1n) is 3.88. The Morgan fingerprint density at radius 1 is 1.20 bits per heavy atom. The molecule has 0 saturated heterocycles. The van der Waals surface area contributed by atoms with Crippen LogP contribution in [0.25, 0.3) is 0 Å². The molecule has 0 bridgehead atoms. The average Bonchev–Trinajstić information content (AvgIpc) is 2.47. The molecule has 0 N–H and O–H groups in total. The smallest absolute Gasteiger partial charge is 0.348 e. The molecular weight excluding hydrogens is 243 g/mol. The number of methoxy groups -OCH3 is 1. The zero-order valence-corrected chi connectivity index (χ0v) is 8.98. The summed E-state index contributed by atoms with van der Waals surface area (Å²) in [5.74, 6) is -1.30. The second-order valence-corrected chi connectivity index (χ2v) is 3.56. The van der Waals surface area contributed by atoms with Crippen LogP contribution in [0.2, 0.25) is 10.0 Å². The van der Waals surface area contributed by atoms with Gasteiger partial charge in [-0.25, -0.2) is 9.59 Å². The van der Waals surface area contributed by atoms with Crippen molar-refractivity contribution in [3.05, 3.63) is 27.2 Å². The molecule has 0 fully saturated rings. The van der Waals surface area contributed by atoms with Gasteiger partial charge in [0.15, 0.2) is 0 Å². The number of rotatable bonds is 1. The van der Waals surface area contributed by atoms with Crippen molar-refractivity contribution >= 4 is 35.1 Å². The van der Waals surface area contributed by atoms with E-state index >= 15 is 0 Å². The van der Waals surface area contributed by atoms with Gasteiger partial charge in [-0.15, -0.1) is 0 Å². The number of esters is 2. The van der Waals surface area contributed by atoms with E-state index in [2.05, 4.69) is 4.74 Å². The lowest BCUT2D eigenvalue weighted by Gasteiger charge is -2.05. The Morgan fingerprint density at radius 2 is 1.87 bits per heavy atom. The van der Waals surface area contributed by atoms with Crippen LogP contribution in [0.1, 0.15) is 20.7 Å². The van der Waals surface area contributed by atoms with E-state index in [9.17, 15) is 9.59 Å². The van der Waals surface area contributed by atoms with E-state index in [4.69, 9.17) is 27.9 Å². The van der Waals surface area contributed by atoms with Crippen LogP contribution >= 0.6 is 23.2 Å². The summed E-state index contributed by atoms with van der Waals surface area (Å²) in [6, 6.07) is 1.33. The summed E-state index contributed by atoms with van der Waals surface area (Å²) in [6.07, 6.45) is 0. The molecule has 1 aliphatic rings. The Balaban J connectivity index is 2.77. The Labute approximate surface area is 94.7 Å². The van der Waals surface area contributed by atoms with Crippen LogP contribution in [-0.2, 0) is 4.74 Å². The molecule has 4 nitrogen and oxygen atoms in total. The number of hydrogen-bond acceptors (Lipinski definition) is 4. The molecule has 1 aromatic carbocycles. The largest absolute Gasteiger partial charge is 0.495 e. The van der Waals surface area contributed by atoms with Crippen molar-refractivity contribution in [2.75, 3.05) is 7.11 Å². The summed E-state index contributed by atoms with van der Waals surface area (Å²) in [5, 5.41) is 0.0615. The minimum absolute atomic E-state index is 0.00698. The third kappa shape index (κ3) is 1.37. The Hall–Kier alpha value is -1.26. The molecule has 2 rings (SSSR count). The number of benzene rings is 1. The number of carbonyl (C=O) groups is 2. The highest BCUT2D eigenvalue weighted by molar-refractivity contribution is 6.45. The summed E-state index contributed by atoms with van der Waals surface area (Å²) in [4.78, 5) is 22.4. The predicted octanol–water partition coefficient (Wildman–Crippen LogP) is 2.31. The zero-order valence-electron chi connectivity index (χ0n) is 7.47. The van der Waals surface area contributed by atoms with Gasteiger partial charge < -0.3 is 9.47 Å². The molecule has 0 aliphatic carbocycles. The maximum absolute atomic E-state index is 11.2. The van der Waals surface area contributed by atoms with E-state index in [-0.39, 0.29) is 26.9 Å². The highest BCUT2D eigenvalue weighted by Crippen LogP contribution is 2.39. The molecule has 0 saturated carbocycles. The fourth-order valence-corrected chi connectivity index (χ4v) is 1.80. The van der Waals surface area contributed by atoms with E-state index in [0.29, 0.717) is 0 Å². The van der Waals surface area contributed by atoms with Crippen LogP contribution in [0.15, 0.2) is 6.07 Å². The molecule has 0 aromatic heterocycles. The van der Waals surface area contributed by atoms with Crippen LogP contribution in [0.4, 0.5) is 0 Å². The van der Waals surface area contributed by atoms with Crippen molar-refractivity contribution in [3.8, 4) is 5.75 Å². The highest BCUT2D eigenvalue weighted by Gasteiger charge is 2.34. The van der Waals surface area contributed by atoms with E-state index in [0.717, 1.165) is 0 Å². The summed E-state index contributed by atoms with van der Waals surface area (Å²) in [7, 11) is 1.38. The number of halogens is 2. The average molecular weight is 247 g/mol. The van der Waals surface area contributed by atoms with Crippen molar-refractivity contribution in [2.45, 2.75) is 0 Å². The first kappa shape index (κ1) is 10.3. The fraction of sp³-hybridized carbons (Fsp3) is 0.111. The number of hydrogen-bond donors (Lipinski definition) is 0. The monoisotopic (exact) mass is 246 g/mol. The molecule has 1 aromatic rings. The van der Waals surface area contributed by atoms with Gasteiger partial charge in [0, 0.05) is 0 Å². The van der Waals surface area contributed by atoms with Gasteiger partial charge in [0.25, 0.3) is 0 Å². The SMILES string of the molecule is COc1cc2c(c(Cl)c1Cl)C(=O)OC2=O. The molecule has 78 valence electrons. The number of cyclic esters (lactones) is 2. The van der Waals surface area contributed by atoms with Gasteiger partial charge in [0.1, 0.15) is 10.8 Å². The van der Waals surface area contributed by atoms with Gasteiger partial charge in [-0.1, -0.05) is 23.2 Å². The summed E-state index contributed by atoms with van der Waals surface area (Å²) < 4.78 is 9.29. The molecule has 0 spiro atoms. The summed E-state index contributed by atoms with van der Waals surface area (Å²) in [6.45, 7) is 0. The normalized spacial score (nSPS) is 13.8. The Bertz CT molecular complexity index is 481. The predicted molar refractivity (Wildman–Crippen MR) is 52.8 cm³/mol. The van der Waals surface area contributed by atoms with Crippen molar-refractivity contribution in [1.82, 2.24) is 0 Å². The second kappa shape index (κ2) is 3.40. The molecule has 1 heterocycles. The maximum atomic E-state index is 11.2. The fourth-order valence-electron chi connectivity index (χ4n) is 1.30. The van der Waals surface area contributed by atoms with E-state index in [1.54, 1.807) is 0 Å². The number of ether oxygens (including phenoxy) is 2. The van der Waals surface area contributed by atoms with Crippen molar-refractivity contribution in [3.63, 3.8) is 0 Å². The van der Waals surface area contributed by atoms with Crippen LogP contribution in [0.3, 0.4) is 0 Å². The Kier molecular flexibility index (Phi) is 2.32. The van der Waals surface area contributed by atoms with E-state index < -0.39 is 11.9 Å². The van der Waals surface area contributed by atoms with Gasteiger partial charge in [-0.2, -0.15) is 0 Å². The van der Waals surface area contributed by atoms with E-state index in [1.165, 1.54) is 13.2 Å². The maximum Gasteiger partial charge on any atom is 0.348 e. The van der Waals surface area contributed by atoms with Gasteiger partial charge in [0.05, 0.1) is 23.3 Å². The standard InChI is InChI=1S/C9H4Cl2O4/c1-14-4-2-3-5(7(11)6(4)10)9(13)15-8(3)12/h2H,1H3. The second-order valence-electron chi connectivity index (χ2n) is 2.81. The van der Waals surface area contributed by atoms with Gasteiger partial charge in [0.2, 0.25) is 0 Å². The number of carbonyl (C=O) groups excluding carboxylic acids is 2.